The molecule has 6 nitrogen and oxygen atoms in total. The van der Waals surface area contributed by atoms with Crippen molar-refractivity contribution < 1.29 is 13.9 Å². The van der Waals surface area contributed by atoms with Crippen LogP contribution in [0.15, 0.2) is 36.7 Å². The minimum Gasteiger partial charge on any atom is -0.436 e. The van der Waals surface area contributed by atoms with Gasteiger partial charge in [0.25, 0.3) is 0 Å². The minimum atomic E-state index is -0.440. The normalized spacial score (nSPS) is 17.3. The molecule has 0 N–H and O–H groups in total. The molecule has 1 fully saturated rings. The van der Waals surface area contributed by atoms with E-state index >= 15 is 0 Å². The van der Waals surface area contributed by atoms with Crippen LogP contribution in [0, 0.1) is 5.82 Å². The van der Waals surface area contributed by atoms with E-state index in [-0.39, 0.29) is 23.6 Å². The largest absolute Gasteiger partial charge is 0.436 e. The fraction of sp³-hybridized carbons (Fsp3) is 0.421. The van der Waals surface area contributed by atoms with Crippen molar-refractivity contribution in [1.29, 1.82) is 0 Å². The number of carbonyl (C=O) groups excluding carboxylic acids is 1. The van der Waals surface area contributed by atoms with E-state index in [2.05, 4.69) is 14.9 Å². The zero-order valence-corrected chi connectivity index (χ0v) is 15.1. The summed E-state index contributed by atoms with van der Waals surface area (Å²) in [5.74, 6) is 0.883. The Morgan fingerprint density at radius 3 is 2.85 bits per heavy atom. The molecule has 138 valence electrons. The van der Waals surface area contributed by atoms with Crippen molar-refractivity contribution >= 4 is 11.7 Å². The van der Waals surface area contributed by atoms with Gasteiger partial charge in [-0.05, 0) is 25.5 Å². The molecule has 0 aliphatic carbocycles. The Morgan fingerprint density at radius 2 is 2.12 bits per heavy atom. The maximum absolute atomic E-state index is 13.7. The molecule has 0 spiro atoms. The molecular weight excluding hydrogens is 335 g/mol. The molecule has 0 bridgehead atoms. The number of hydrogen-bond donors (Lipinski definition) is 0. The standard InChI is InChI=1S/C19H23FN4O2/c1-3-6-19(25)24-10-9-23(12-14(24)2)17-11-18(22-13-21-17)26-16-8-5-4-7-15(16)20/h4-5,7-8,11,13-14H,3,6,9-10,12H2,1-2H3/t14-/m1/s1. The van der Waals surface area contributed by atoms with Crippen LogP contribution in [-0.2, 0) is 4.79 Å². The number of nitrogens with zero attached hydrogens (tertiary/aromatic N) is 4. The third kappa shape index (κ3) is 4.09. The second-order valence-electron chi connectivity index (χ2n) is 6.38. The van der Waals surface area contributed by atoms with Crippen LogP contribution >= 0.6 is 0 Å². The van der Waals surface area contributed by atoms with E-state index in [0.717, 1.165) is 6.42 Å². The van der Waals surface area contributed by atoms with Crippen molar-refractivity contribution in [3.63, 3.8) is 0 Å². The second-order valence-corrected chi connectivity index (χ2v) is 6.38. The lowest BCUT2D eigenvalue weighted by molar-refractivity contribution is -0.133. The Labute approximate surface area is 152 Å². The molecule has 1 aliphatic heterocycles. The number of aromatic nitrogens is 2. The summed E-state index contributed by atoms with van der Waals surface area (Å²) in [5.41, 5.74) is 0. The monoisotopic (exact) mass is 358 g/mol. The highest BCUT2D eigenvalue weighted by atomic mass is 19.1. The van der Waals surface area contributed by atoms with Crippen LogP contribution in [0.4, 0.5) is 10.2 Å². The molecule has 0 radical (unpaired) electrons. The highest BCUT2D eigenvalue weighted by Crippen LogP contribution is 2.25. The van der Waals surface area contributed by atoms with E-state index in [1.807, 2.05) is 18.7 Å². The van der Waals surface area contributed by atoms with E-state index in [1.54, 1.807) is 24.3 Å². The van der Waals surface area contributed by atoms with E-state index in [1.165, 1.54) is 12.4 Å². The number of halogens is 1. The van der Waals surface area contributed by atoms with Gasteiger partial charge in [-0.2, -0.15) is 0 Å². The molecule has 1 saturated heterocycles. The first-order valence-corrected chi connectivity index (χ1v) is 8.87. The van der Waals surface area contributed by atoms with Crippen LogP contribution in [0.5, 0.6) is 11.6 Å². The Morgan fingerprint density at radius 1 is 1.31 bits per heavy atom. The average molecular weight is 358 g/mol. The van der Waals surface area contributed by atoms with Crippen molar-refractivity contribution in [3.8, 4) is 11.6 Å². The van der Waals surface area contributed by atoms with Crippen LogP contribution < -0.4 is 9.64 Å². The highest BCUT2D eigenvalue weighted by molar-refractivity contribution is 5.76. The number of amides is 1. The highest BCUT2D eigenvalue weighted by Gasteiger charge is 2.27. The summed E-state index contributed by atoms with van der Waals surface area (Å²) in [5, 5.41) is 0. The summed E-state index contributed by atoms with van der Waals surface area (Å²) < 4.78 is 19.3. The fourth-order valence-corrected chi connectivity index (χ4v) is 3.09. The van der Waals surface area contributed by atoms with Crippen molar-refractivity contribution in [2.45, 2.75) is 32.7 Å². The SMILES string of the molecule is CCCC(=O)N1CCN(c2cc(Oc3ccccc3F)ncn2)C[C@H]1C. The number of ether oxygens (including phenoxy) is 1. The van der Waals surface area contributed by atoms with E-state index in [4.69, 9.17) is 4.74 Å². The van der Waals surface area contributed by atoms with Crippen LogP contribution in [0.25, 0.3) is 0 Å². The van der Waals surface area contributed by atoms with Gasteiger partial charge in [0.2, 0.25) is 11.8 Å². The second kappa shape index (κ2) is 8.12. The molecular formula is C19H23FN4O2. The lowest BCUT2D eigenvalue weighted by atomic mass is 10.1. The van der Waals surface area contributed by atoms with Crippen LogP contribution in [0.2, 0.25) is 0 Å². The Hall–Kier alpha value is -2.70. The lowest BCUT2D eigenvalue weighted by Gasteiger charge is -2.40. The van der Waals surface area contributed by atoms with Gasteiger partial charge in [-0.15, -0.1) is 0 Å². The number of benzene rings is 1. The van der Waals surface area contributed by atoms with Crippen LogP contribution in [0.3, 0.4) is 0 Å². The zero-order valence-electron chi connectivity index (χ0n) is 15.1. The topological polar surface area (TPSA) is 58.6 Å². The quantitative estimate of drug-likeness (QED) is 0.821. The third-order valence-electron chi connectivity index (χ3n) is 4.41. The first-order chi connectivity index (χ1) is 12.6. The van der Waals surface area contributed by atoms with E-state index in [0.29, 0.717) is 31.9 Å². The summed E-state index contributed by atoms with van der Waals surface area (Å²) in [4.78, 5) is 24.6. The number of anilines is 1. The van der Waals surface area contributed by atoms with Gasteiger partial charge in [-0.1, -0.05) is 19.1 Å². The predicted octanol–water partition coefficient (Wildman–Crippen LogP) is 3.25. The molecule has 1 amide bonds. The minimum absolute atomic E-state index is 0.105. The Bertz CT molecular complexity index is 771. The van der Waals surface area contributed by atoms with Gasteiger partial charge in [-0.3, -0.25) is 4.79 Å². The van der Waals surface area contributed by atoms with Crippen molar-refractivity contribution in [3.05, 3.63) is 42.5 Å². The van der Waals surface area contributed by atoms with Gasteiger partial charge < -0.3 is 14.5 Å². The predicted molar refractivity (Wildman–Crippen MR) is 96.8 cm³/mol. The smallest absolute Gasteiger partial charge is 0.224 e. The first kappa shape index (κ1) is 18.1. The summed E-state index contributed by atoms with van der Waals surface area (Å²) in [7, 11) is 0. The number of hydrogen-bond acceptors (Lipinski definition) is 5. The fourth-order valence-electron chi connectivity index (χ4n) is 3.09. The number of piperazine rings is 1. The maximum Gasteiger partial charge on any atom is 0.224 e. The zero-order chi connectivity index (χ0) is 18.5. The summed E-state index contributed by atoms with van der Waals surface area (Å²) >= 11 is 0. The van der Waals surface area contributed by atoms with Gasteiger partial charge in [-0.25, -0.2) is 14.4 Å². The summed E-state index contributed by atoms with van der Waals surface area (Å²) in [6, 6.07) is 8.00. The van der Waals surface area contributed by atoms with Crippen LogP contribution in [0.1, 0.15) is 26.7 Å². The van der Waals surface area contributed by atoms with Gasteiger partial charge in [0.15, 0.2) is 11.6 Å². The number of carbonyl (C=O) groups is 1. The molecule has 1 aliphatic rings. The van der Waals surface area contributed by atoms with Gasteiger partial charge in [0.1, 0.15) is 12.1 Å². The summed E-state index contributed by atoms with van der Waals surface area (Å²) in [6.45, 7) is 6.09. The summed E-state index contributed by atoms with van der Waals surface area (Å²) in [6.07, 6.45) is 2.84. The van der Waals surface area contributed by atoms with Crippen LogP contribution in [-0.4, -0.2) is 46.5 Å². The number of rotatable bonds is 5. The molecule has 2 heterocycles. The van der Waals surface area contributed by atoms with E-state index in [9.17, 15) is 9.18 Å². The Kier molecular flexibility index (Phi) is 5.65. The molecule has 0 unspecified atom stereocenters. The molecule has 7 heteroatoms. The van der Waals surface area contributed by atoms with E-state index < -0.39 is 5.82 Å². The molecule has 26 heavy (non-hydrogen) atoms. The molecule has 0 saturated carbocycles. The first-order valence-electron chi connectivity index (χ1n) is 8.87. The van der Waals surface area contributed by atoms with Crippen molar-refractivity contribution in [2.24, 2.45) is 0 Å². The molecule has 1 aromatic carbocycles. The molecule has 3 rings (SSSR count). The molecule has 1 atom stereocenters. The average Bonchev–Trinajstić information content (AvgIpc) is 2.64. The van der Waals surface area contributed by atoms with Gasteiger partial charge in [0, 0.05) is 38.2 Å². The third-order valence-corrected chi connectivity index (χ3v) is 4.41. The Balaban J connectivity index is 1.69. The number of para-hydroxylation sites is 1. The van der Waals surface area contributed by atoms with Crippen molar-refractivity contribution in [1.82, 2.24) is 14.9 Å². The molecule has 2 aromatic rings. The van der Waals surface area contributed by atoms with Crippen molar-refractivity contribution in [2.75, 3.05) is 24.5 Å². The van der Waals surface area contributed by atoms with Gasteiger partial charge >= 0.3 is 0 Å². The lowest BCUT2D eigenvalue weighted by Crippen LogP contribution is -2.54. The molecule has 1 aromatic heterocycles. The maximum atomic E-state index is 13.7. The van der Waals surface area contributed by atoms with Gasteiger partial charge in [0.05, 0.1) is 0 Å².